The Labute approximate surface area is 170 Å². The van der Waals surface area contributed by atoms with Crippen LogP contribution < -0.4 is 9.54 Å². The van der Waals surface area contributed by atoms with Crippen LogP contribution in [0.1, 0.15) is 51.0 Å². The summed E-state index contributed by atoms with van der Waals surface area (Å²) in [5, 5.41) is 4.73. The van der Waals surface area contributed by atoms with Gasteiger partial charge in [0, 0.05) is 22.6 Å². The number of unbranched alkanes of at least 4 members (excludes halogenated alkanes) is 1. The lowest BCUT2D eigenvalue weighted by Gasteiger charge is -2.14. The monoisotopic (exact) mass is 409 g/mol. The average molecular weight is 410 g/mol. The number of ether oxygens (including phenoxy) is 1. The van der Waals surface area contributed by atoms with Crippen molar-refractivity contribution < 1.29 is 9.57 Å². The van der Waals surface area contributed by atoms with Gasteiger partial charge in [-0.05, 0) is 30.0 Å². The molecular formula is C20H28ClN3O2S. The number of aromatic nitrogens is 1. The molecule has 0 N–H and O–H groups in total. The molecule has 0 saturated heterocycles. The molecule has 1 aromatic heterocycles. The quantitative estimate of drug-likeness (QED) is 0.373. The van der Waals surface area contributed by atoms with Gasteiger partial charge in [-0.3, -0.25) is 0 Å². The maximum atomic E-state index is 6.19. The van der Waals surface area contributed by atoms with E-state index < -0.39 is 0 Å². The van der Waals surface area contributed by atoms with Gasteiger partial charge >= 0.3 is 0 Å². The zero-order valence-corrected chi connectivity index (χ0v) is 18.4. The second kappa shape index (κ2) is 9.42. The van der Waals surface area contributed by atoms with Gasteiger partial charge in [0.25, 0.3) is 0 Å². The van der Waals surface area contributed by atoms with Crippen LogP contribution in [-0.2, 0) is 16.8 Å². The van der Waals surface area contributed by atoms with Crippen LogP contribution in [0.25, 0.3) is 0 Å². The maximum Gasteiger partial charge on any atom is 0.205 e. The summed E-state index contributed by atoms with van der Waals surface area (Å²) < 4.78 is 7.65. The predicted molar refractivity (Wildman–Crippen MR) is 113 cm³/mol. The molecule has 1 aromatic carbocycles. The summed E-state index contributed by atoms with van der Waals surface area (Å²) in [6, 6.07) is 5.37. The van der Waals surface area contributed by atoms with Crippen molar-refractivity contribution in [2.24, 2.45) is 10.1 Å². The van der Waals surface area contributed by atoms with Crippen molar-refractivity contribution in [2.75, 3.05) is 14.2 Å². The predicted octanol–water partition coefficient (Wildman–Crippen LogP) is 5.22. The van der Waals surface area contributed by atoms with Crippen molar-refractivity contribution in [3.8, 4) is 5.75 Å². The van der Waals surface area contributed by atoms with Gasteiger partial charge in [-0.1, -0.05) is 50.9 Å². The molecule has 7 heteroatoms. The summed E-state index contributed by atoms with van der Waals surface area (Å²) in [6.07, 6.45) is 4.40. The molecule has 5 nitrogen and oxygen atoms in total. The molecule has 0 amide bonds. The third kappa shape index (κ3) is 5.59. The molecule has 0 spiro atoms. The van der Waals surface area contributed by atoms with Crippen molar-refractivity contribution in [1.82, 2.24) is 4.57 Å². The Hall–Kier alpha value is -1.79. The van der Waals surface area contributed by atoms with E-state index in [4.69, 9.17) is 26.2 Å². The number of methoxy groups -OCH3 is 1. The molecule has 0 aliphatic heterocycles. The van der Waals surface area contributed by atoms with E-state index in [0.29, 0.717) is 22.2 Å². The van der Waals surface area contributed by atoms with Crippen LogP contribution >= 0.6 is 22.9 Å². The van der Waals surface area contributed by atoms with Gasteiger partial charge in [0.15, 0.2) is 4.80 Å². The van der Waals surface area contributed by atoms with Crippen molar-refractivity contribution in [2.45, 2.75) is 52.5 Å². The lowest BCUT2D eigenvalue weighted by atomic mass is 9.95. The smallest absolute Gasteiger partial charge is 0.205 e. The fourth-order valence-corrected chi connectivity index (χ4v) is 3.71. The first-order valence-corrected chi connectivity index (χ1v) is 10.2. The highest BCUT2D eigenvalue weighted by atomic mass is 35.5. The molecular weight excluding hydrogens is 382 g/mol. The van der Waals surface area contributed by atoms with Crippen molar-refractivity contribution in [3.63, 3.8) is 0 Å². The molecule has 27 heavy (non-hydrogen) atoms. The number of aryl methyl sites for hydroxylation is 1. The summed E-state index contributed by atoms with van der Waals surface area (Å²) >= 11 is 7.86. The fourth-order valence-electron chi connectivity index (χ4n) is 2.46. The van der Waals surface area contributed by atoms with Gasteiger partial charge in [0.2, 0.25) is 5.84 Å². The van der Waals surface area contributed by atoms with E-state index >= 15 is 0 Å². The van der Waals surface area contributed by atoms with Crippen LogP contribution in [0.15, 0.2) is 34.5 Å². The average Bonchev–Trinajstić information content (AvgIpc) is 3.02. The molecule has 0 fully saturated rings. The van der Waals surface area contributed by atoms with Crippen LogP contribution in [0.5, 0.6) is 5.75 Å². The second-order valence-electron chi connectivity index (χ2n) is 7.23. The number of benzene rings is 1. The second-order valence-corrected chi connectivity index (χ2v) is 8.67. The van der Waals surface area contributed by atoms with Crippen LogP contribution in [0.2, 0.25) is 5.02 Å². The molecule has 0 aliphatic rings. The minimum atomic E-state index is 0.0543. The molecule has 0 radical (unpaired) electrons. The number of thiazole rings is 1. The largest absolute Gasteiger partial charge is 0.496 e. The maximum absolute atomic E-state index is 6.19. The van der Waals surface area contributed by atoms with Crippen LogP contribution in [0.3, 0.4) is 0 Å². The highest BCUT2D eigenvalue weighted by Gasteiger charge is 2.19. The zero-order chi connectivity index (χ0) is 20.0. The van der Waals surface area contributed by atoms with E-state index in [1.807, 2.05) is 0 Å². The fraction of sp³-hybridized carbons (Fsp3) is 0.500. The standard InChI is InChI=1S/C20H28ClN3O2S/c1-7-8-11-24-13-17(20(2,3)4)27-19(24)22-18(23-26-6)15-12-14(21)9-10-16(15)25-5/h9-10,12-13H,7-8,11H2,1-6H3/b22-19?,23-18-. The van der Waals surface area contributed by atoms with Crippen molar-refractivity contribution in [1.29, 1.82) is 0 Å². The van der Waals surface area contributed by atoms with Crippen LogP contribution in [-0.4, -0.2) is 24.6 Å². The minimum absolute atomic E-state index is 0.0543. The highest BCUT2D eigenvalue weighted by Crippen LogP contribution is 2.26. The van der Waals surface area contributed by atoms with Gasteiger partial charge in [-0.2, -0.15) is 4.99 Å². The molecule has 0 aliphatic carbocycles. The molecule has 1 heterocycles. The van der Waals surface area contributed by atoms with E-state index in [9.17, 15) is 0 Å². The Bertz CT molecular complexity index is 863. The van der Waals surface area contributed by atoms with Gasteiger partial charge in [-0.25, -0.2) is 0 Å². The molecule has 0 unspecified atom stereocenters. The van der Waals surface area contributed by atoms with Gasteiger partial charge in [-0.15, -0.1) is 11.3 Å². The van der Waals surface area contributed by atoms with Crippen molar-refractivity contribution >= 4 is 28.8 Å². The van der Waals surface area contributed by atoms with Crippen LogP contribution in [0.4, 0.5) is 0 Å². The third-order valence-electron chi connectivity index (χ3n) is 3.99. The topological polar surface area (TPSA) is 48.1 Å². The van der Waals surface area contributed by atoms with Crippen molar-refractivity contribution in [3.05, 3.63) is 44.7 Å². The summed E-state index contributed by atoms with van der Waals surface area (Å²) in [5.74, 6) is 1.08. The number of nitrogens with zero attached hydrogens (tertiary/aromatic N) is 3. The number of amidine groups is 1. The van der Waals surface area contributed by atoms with Gasteiger partial charge in [0.1, 0.15) is 12.9 Å². The van der Waals surface area contributed by atoms with Gasteiger partial charge in [0.05, 0.1) is 12.7 Å². The number of hydrogen-bond donors (Lipinski definition) is 0. The number of oxime groups is 1. The molecule has 148 valence electrons. The molecule has 2 aromatic rings. The molecule has 0 atom stereocenters. The number of rotatable bonds is 6. The Morgan fingerprint density at radius 2 is 2.00 bits per heavy atom. The third-order valence-corrected chi connectivity index (χ3v) is 5.67. The van der Waals surface area contributed by atoms with E-state index in [1.165, 1.54) is 12.0 Å². The first kappa shape index (κ1) is 21.5. The number of hydrogen-bond acceptors (Lipinski definition) is 4. The Balaban J connectivity index is 2.63. The van der Waals surface area contributed by atoms with E-state index in [-0.39, 0.29) is 5.41 Å². The SMILES string of the molecule is CCCCn1cc(C(C)(C)C)sc1=N/C(=N\OC)c1cc(Cl)ccc1OC. The zero-order valence-electron chi connectivity index (χ0n) is 16.9. The van der Waals surface area contributed by atoms with E-state index in [0.717, 1.165) is 24.2 Å². The first-order chi connectivity index (χ1) is 12.8. The van der Waals surface area contributed by atoms with Gasteiger partial charge < -0.3 is 14.1 Å². The minimum Gasteiger partial charge on any atom is -0.496 e. The van der Waals surface area contributed by atoms with E-state index in [1.54, 1.807) is 36.6 Å². The molecule has 2 rings (SSSR count). The summed E-state index contributed by atoms with van der Waals surface area (Å²) in [4.78, 5) is 12.0. The Kier molecular flexibility index (Phi) is 7.50. The highest BCUT2D eigenvalue weighted by molar-refractivity contribution is 7.09. The van der Waals surface area contributed by atoms with Crippen LogP contribution in [0, 0.1) is 0 Å². The molecule has 0 saturated carbocycles. The van der Waals surface area contributed by atoms with E-state index in [2.05, 4.69) is 43.6 Å². The summed E-state index contributed by atoms with van der Waals surface area (Å²) in [5.41, 5.74) is 0.748. The lowest BCUT2D eigenvalue weighted by Crippen LogP contribution is -2.17. The Morgan fingerprint density at radius 3 is 2.59 bits per heavy atom. The molecule has 0 bridgehead atoms. The normalized spacial score (nSPS) is 13.1. The lowest BCUT2D eigenvalue weighted by molar-refractivity contribution is 0.213. The Morgan fingerprint density at radius 1 is 1.26 bits per heavy atom. The first-order valence-electron chi connectivity index (χ1n) is 9.00. The summed E-state index contributed by atoms with van der Waals surface area (Å²) in [6.45, 7) is 9.71. The number of halogens is 1. The summed E-state index contributed by atoms with van der Waals surface area (Å²) in [7, 11) is 3.12.